The average molecular weight is 341 g/mol. The summed E-state index contributed by atoms with van der Waals surface area (Å²) < 4.78 is 10.6. The Morgan fingerprint density at radius 3 is 2.76 bits per heavy atom. The Morgan fingerprint density at radius 1 is 1.24 bits per heavy atom. The predicted octanol–water partition coefficient (Wildman–Crippen LogP) is 1.60. The molecular weight excluding hydrogens is 322 g/mol. The predicted molar refractivity (Wildman–Crippen MR) is 89.9 cm³/mol. The number of nitrogens with zero attached hydrogens (tertiary/aromatic N) is 2. The normalized spacial score (nSPS) is 16.4. The van der Waals surface area contributed by atoms with Crippen LogP contribution in [-0.4, -0.2) is 47.7 Å². The number of carbonyl (C=O) groups excluding carboxylic acids is 2. The number of hydrogen-bond donors (Lipinski definition) is 1. The second-order valence-electron chi connectivity index (χ2n) is 5.52. The molecule has 2 heterocycles. The third-order valence-corrected chi connectivity index (χ3v) is 3.84. The summed E-state index contributed by atoms with van der Waals surface area (Å²) in [6.45, 7) is 0.987. The number of ether oxygens (including phenoxy) is 2. The molecule has 1 fully saturated rings. The molecule has 0 unspecified atom stereocenters. The van der Waals surface area contributed by atoms with Crippen molar-refractivity contribution in [2.75, 3.05) is 19.8 Å². The molecule has 0 aliphatic carbocycles. The Bertz CT molecular complexity index is 709. The lowest BCUT2D eigenvalue weighted by Crippen LogP contribution is -2.46. The Labute approximate surface area is 145 Å². The van der Waals surface area contributed by atoms with E-state index in [4.69, 9.17) is 9.47 Å². The van der Waals surface area contributed by atoms with Crippen LogP contribution in [0.25, 0.3) is 0 Å². The molecule has 1 saturated heterocycles. The SMILES string of the molecule is O=C(NCc1ccncc1)[C@@H]1COC(=O)N1CCOc1ccccc1. The average Bonchev–Trinajstić information content (AvgIpc) is 3.02. The smallest absolute Gasteiger partial charge is 0.410 e. The van der Waals surface area contributed by atoms with Crippen molar-refractivity contribution in [2.24, 2.45) is 0 Å². The zero-order valence-electron chi connectivity index (χ0n) is 13.6. The third-order valence-electron chi connectivity index (χ3n) is 3.84. The molecule has 0 spiro atoms. The molecule has 25 heavy (non-hydrogen) atoms. The Morgan fingerprint density at radius 2 is 2.00 bits per heavy atom. The van der Waals surface area contributed by atoms with Gasteiger partial charge < -0.3 is 14.8 Å². The van der Waals surface area contributed by atoms with E-state index in [0.717, 1.165) is 5.56 Å². The third kappa shape index (κ3) is 4.47. The molecule has 130 valence electrons. The summed E-state index contributed by atoms with van der Waals surface area (Å²) in [4.78, 5) is 29.6. The first kappa shape index (κ1) is 16.8. The second-order valence-corrected chi connectivity index (χ2v) is 5.52. The molecule has 2 aromatic rings. The quantitative estimate of drug-likeness (QED) is 0.827. The van der Waals surface area contributed by atoms with Gasteiger partial charge in [0.2, 0.25) is 5.91 Å². The van der Waals surface area contributed by atoms with E-state index in [9.17, 15) is 9.59 Å². The van der Waals surface area contributed by atoms with Crippen molar-refractivity contribution in [1.82, 2.24) is 15.2 Å². The van der Waals surface area contributed by atoms with Crippen LogP contribution in [0.2, 0.25) is 0 Å². The minimum atomic E-state index is -0.645. The van der Waals surface area contributed by atoms with Gasteiger partial charge in [-0.3, -0.25) is 14.7 Å². The van der Waals surface area contributed by atoms with Gasteiger partial charge in [0.1, 0.15) is 25.0 Å². The van der Waals surface area contributed by atoms with Crippen LogP contribution in [0.15, 0.2) is 54.9 Å². The Balaban J connectivity index is 1.51. The standard InChI is InChI=1S/C18H19N3O4/c22-17(20-12-14-6-8-19-9-7-14)16-13-25-18(23)21(16)10-11-24-15-4-2-1-3-5-15/h1-9,16H,10-13H2,(H,20,22)/t16-/m0/s1. The number of amides is 2. The molecule has 1 aliphatic heterocycles. The van der Waals surface area contributed by atoms with Crippen LogP contribution >= 0.6 is 0 Å². The van der Waals surface area contributed by atoms with Gasteiger partial charge in [-0.2, -0.15) is 0 Å². The summed E-state index contributed by atoms with van der Waals surface area (Å²) >= 11 is 0. The number of benzene rings is 1. The highest BCUT2D eigenvalue weighted by Gasteiger charge is 2.37. The summed E-state index contributed by atoms with van der Waals surface area (Å²) in [6.07, 6.45) is 2.83. The lowest BCUT2D eigenvalue weighted by atomic mass is 10.2. The highest BCUT2D eigenvalue weighted by Crippen LogP contribution is 2.14. The van der Waals surface area contributed by atoms with Crippen molar-refractivity contribution in [3.05, 3.63) is 60.4 Å². The summed E-state index contributed by atoms with van der Waals surface area (Å²) in [5.41, 5.74) is 0.938. The maximum absolute atomic E-state index is 12.4. The van der Waals surface area contributed by atoms with E-state index in [1.54, 1.807) is 12.4 Å². The number of rotatable bonds is 7. The largest absolute Gasteiger partial charge is 0.492 e. The van der Waals surface area contributed by atoms with Gasteiger partial charge in [-0.15, -0.1) is 0 Å². The first-order chi connectivity index (χ1) is 12.2. The van der Waals surface area contributed by atoms with Gasteiger partial charge in [0, 0.05) is 18.9 Å². The summed E-state index contributed by atoms with van der Waals surface area (Å²) in [5, 5.41) is 2.82. The Hall–Kier alpha value is -3.09. The zero-order chi connectivity index (χ0) is 17.5. The molecule has 0 radical (unpaired) electrons. The molecule has 0 saturated carbocycles. The van der Waals surface area contributed by atoms with E-state index in [0.29, 0.717) is 12.3 Å². The van der Waals surface area contributed by atoms with Gasteiger partial charge in [-0.1, -0.05) is 18.2 Å². The fraction of sp³-hybridized carbons (Fsp3) is 0.278. The molecular formula is C18H19N3O4. The highest BCUT2D eigenvalue weighted by atomic mass is 16.6. The molecule has 1 N–H and O–H groups in total. The molecule has 3 rings (SSSR count). The molecule has 1 atom stereocenters. The minimum absolute atomic E-state index is 0.0480. The monoisotopic (exact) mass is 341 g/mol. The number of hydrogen-bond acceptors (Lipinski definition) is 5. The van der Waals surface area contributed by atoms with Crippen LogP contribution in [0.4, 0.5) is 4.79 Å². The zero-order valence-corrected chi connectivity index (χ0v) is 13.6. The number of carbonyl (C=O) groups is 2. The first-order valence-corrected chi connectivity index (χ1v) is 8.02. The van der Waals surface area contributed by atoms with Crippen LogP contribution in [0.3, 0.4) is 0 Å². The van der Waals surface area contributed by atoms with E-state index in [1.807, 2.05) is 42.5 Å². The van der Waals surface area contributed by atoms with Crippen molar-refractivity contribution in [2.45, 2.75) is 12.6 Å². The molecule has 7 heteroatoms. The van der Waals surface area contributed by atoms with E-state index in [-0.39, 0.29) is 25.7 Å². The molecule has 1 aliphatic rings. The van der Waals surface area contributed by atoms with Gasteiger partial charge in [0.15, 0.2) is 0 Å². The van der Waals surface area contributed by atoms with Gasteiger partial charge in [0.25, 0.3) is 0 Å². The lowest BCUT2D eigenvalue weighted by molar-refractivity contribution is -0.125. The fourth-order valence-electron chi connectivity index (χ4n) is 2.50. The van der Waals surface area contributed by atoms with Crippen molar-refractivity contribution >= 4 is 12.0 Å². The number of cyclic esters (lactones) is 1. The topological polar surface area (TPSA) is 80.8 Å². The van der Waals surface area contributed by atoms with Gasteiger partial charge in [-0.25, -0.2) is 4.79 Å². The van der Waals surface area contributed by atoms with Crippen LogP contribution < -0.4 is 10.1 Å². The molecule has 1 aromatic carbocycles. The van der Waals surface area contributed by atoms with Crippen LogP contribution in [0, 0.1) is 0 Å². The van der Waals surface area contributed by atoms with E-state index in [2.05, 4.69) is 10.3 Å². The number of aromatic nitrogens is 1. The minimum Gasteiger partial charge on any atom is -0.492 e. The van der Waals surface area contributed by atoms with Crippen molar-refractivity contribution < 1.29 is 19.1 Å². The van der Waals surface area contributed by atoms with Crippen molar-refractivity contribution in [3.63, 3.8) is 0 Å². The molecule has 1 aromatic heterocycles. The maximum Gasteiger partial charge on any atom is 0.410 e. The number of para-hydroxylation sites is 1. The summed E-state index contributed by atoms with van der Waals surface area (Å²) in [5.74, 6) is 0.469. The van der Waals surface area contributed by atoms with Crippen molar-refractivity contribution in [1.29, 1.82) is 0 Å². The first-order valence-electron chi connectivity index (χ1n) is 8.02. The summed E-state index contributed by atoms with van der Waals surface area (Å²) in [7, 11) is 0. The van der Waals surface area contributed by atoms with Crippen LogP contribution in [0.1, 0.15) is 5.56 Å². The molecule has 7 nitrogen and oxygen atoms in total. The molecule has 0 bridgehead atoms. The summed E-state index contributed by atoms with van der Waals surface area (Å²) in [6, 6.07) is 12.3. The maximum atomic E-state index is 12.4. The van der Waals surface area contributed by atoms with E-state index >= 15 is 0 Å². The lowest BCUT2D eigenvalue weighted by Gasteiger charge is -2.20. The number of pyridine rings is 1. The second kappa shape index (κ2) is 8.14. The van der Waals surface area contributed by atoms with Crippen LogP contribution in [0.5, 0.6) is 5.75 Å². The highest BCUT2D eigenvalue weighted by molar-refractivity contribution is 5.87. The molecule has 2 amide bonds. The van der Waals surface area contributed by atoms with E-state index < -0.39 is 12.1 Å². The van der Waals surface area contributed by atoms with Crippen molar-refractivity contribution in [3.8, 4) is 5.75 Å². The fourth-order valence-corrected chi connectivity index (χ4v) is 2.50. The van der Waals surface area contributed by atoms with Gasteiger partial charge in [0.05, 0.1) is 6.54 Å². The van der Waals surface area contributed by atoms with Crippen LogP contribution in [-0.2, 0) is 16.1 Å². The number of nitrogens with one attached hydrogen (secondary N) is 1. The van der Waals surface area contributed by atoms with E-state index in [1.165, 1.54) is 4.90 Å². The Kier molecular flexibility index (Phi) is 5.46. The van der Waals surface area contributed by atoms with Gasteiger partial charge in [-0.05, 0) is 29.8 Å². The van der Waals surface area contributed by atoms with Gasteiger partial charge >= 0.3 is 6.09 Å².